The number of epoxide rings is 1. The van der Waals surface area contributed by atoms with E-state index < -0.39 is 0 Å². The lowest BCUT2D eigenvalue weighted by Crippen LogP contribution is -2.35. The van der Waals surface area contributed by atoms with Gasteiger partial charge in [0.15, 0.2) is 0 Å². The van der Waals surface area contributed by atoms with E-state index in [0.717, 1.165) is 19.6 Å². The predicted octanol–water partition coefficient (Wildman–Crippen LogP) is 0.496. The van der Waals surface area contributed by atoms with E-state index in [1.54, 1.807) is 7.11 Å². The molecule has 2 rings (SSSR count). The second-order valence-electron chi connectivity index (χ2n) is 3.65. The Morgan fingerprint density at radius 1 is 1.50 bits per heavy atom. The van der Waals surface area contributed by atoms with Gasteiger partial charge in [-0.05, 0) is 12.8 Å². The molecule has 2 atom stereocenters. The van der Waals surface area contributed by atoms with Crippen molar-refractivity contribution in [3.05, 3.63) is 0 Å². The van der Waals surface area contributed by atoms with E-state index in [9.17, 15) is 0 Å². The Balaban J connectivity index is 1.61. The molecular formula is C9H17NO2. The van der Waals surface area contributed by atoms with Crippen molar-refractivity contribution in [3.8, 4) is 0 Å². The lowest BCUT2D eigenvalue weighted by Gasteiger charge is -2.23. The maximum atomic E-state index is 5.44. The van der Waals surface area contributed by atoms with Crippen LogP contribution in [0.5, 0.6) is 0 Å². The van der Waals surface area contributed by atoms with Crippen molar-refractivity contribution >= 4 is 0 Å². The molecule has 0 aromatic carbocycles. The Morgan fingerprint density at radius 2 is 2.42 bits per heavy atom. The van der Waals surface area contributed by atoms with Crippen LogP contribution in [0.25, 0.3) is 0 Å². The predicted molar refractivity (Wildman–Crippen MR) is 46.2 cm³/mol. The van der Waals surface area contributed by atoms with Crippen LogP contribution in [0, 0.1) is 0 Å². The molecule has 0 radical (unpaired) electrons. The molecule has 0 aromatic rings. The molecule has 0 unspecified atom stereocenters. The summed E-state index contributed by atoms with van der Waals surface area (Å²) in [5, 5.41) is 0. The van der Waals surface area contributed by atoms with E-state index in [1.807, 2.05) is 0 Å². The van der Waals surface area contributed by atoms with Crippen LogP contribution in [0.4, 0.5) is 0 Å². The van der Waals surface area contributed by atoms with Crippen LogP contribution >= 0.6 is 0 Å². The number of fused-ring (bicyclic) bond motifs is 1. The van der Waals surface area contributed by atoms with Crippen LogP contribution in [0.1, 0.15) is 12.8 Å². The van der Waals surface area contributed by atoms with E-state index in [2.05, 4.69) is 4.90 Å². The molecule has 3 nitrogen and oxygen atoms in total. The van der Waals surface area contributed by atoms with Gasteiger partial charge in [0.25, 0.3) is 0 Å². The zero-order chi connectivity index (χ0) is 8.39. The summed E-state index contributed by atoms with van der Waals surface area (Å²) >= 11 is 0. The van der Waals surface area contributed by atoms with Crippen molar-refractivity contribution in [1.29, 1.82) is 0 Å². The molecule has 0 N–H and O–H groups in total. The average Bonchev–Trinajstić information content (AvgIpc) is 2.83. The summed E-state index contributed by atoms with van der Waals surface area (Å²) in [5.74, 6) is 0. The number of piperidine rings is 1. The van der Waals surface area contributed by atoms with Gasteiger partial charge in [0.1, 0.15) is 0 Å². The average molecular weight is 171 g/mol. The third-order valence-corrected chi connectivity index (χ3v) is 2.68. The van der Waals surface area contributed by atoms with Crippen LogP contribution in [0.15, 0.2) is 0 Å². The van der Waals surface area contributed by atoms with Gasteiger partial charge < -0.3 is 14.4 Å². The van der Waals surface area contributed by atoms with Gasteiger partial charge >= 0.3 is 0 Å². The fraction of sp³-hybridized carbons (Fsp3) is 1.00. The summed E-state index contributed by atoms with van der Waals surface area (Å²) in [6, 6.07) is 0. The van der Waals surface area contributed by atoms with E-state index in [4.69, 9.17) is 9.47 Å². The first-order valence-corrected chi connectivity index (χ1v) is 4.77. The highest BCUT2D eigenvalue weighted by molar-refractivity contribution is 4.92. The van der Waals surface area contributed by atoms with Gasteiger partial charge in [0.2, 0.25) is 0 Å². The number of methoxy groups -OCH3 is 1. The first-order valence-electron chi connectivity index (χ1n) is 4.77. The summed E-state index contributed by atoms with van der Waals surface area (Å²) < 4.78 is 10.5. The third kappa shape index (κ3) is 1.97. The summed E-state index contributed by atoms with van der Waals surface area (Å²) in [7, 11) is 1.76. The molecular weight excluding hydrogens is 154 g/mol. The first-order chi connectivity index (χ1) is 5.90. The number of likely N-dealkylation sites (tertiary alicyclic amines) is 1. The summed E-state index contributed by atoms with van der Waals surface area (Å²) in [6.45, 7) is 4.41. The molecule has 2 saturated heterocycles. The minimum Gasteiger partial charge on any atom is -0.385 e. The molecule has 0 aliphatic carbocycles. The Labute approximate surface area is 73.6 Å². The molecule has 2 aliphatic heterocycles. The topological polar surface area (TPSA) is 25.0 Å². The second kappa shape index (κ2) is 3.73. The lowest BCUT2D eigenvalue weighted by atomic mass is 10.1. The van der Waals surface area contributed by atoms with Crippen molar-refractivity contribution in [1.82, 2.24) is 4.90 Å². The number of ether oxygens (including phenoxy) is 2. The second-order valence-corrected chi connectivity index (χ2v) is 3.65. The largest absolute Gasteiger partial charge is 0.385 e. The van der Waals surface area contributed by atoms with Gasteiger partial charge in [-0.1, -0.05) is 0 Å². The van der Waals surface area contributed by atoms with Crippen LogP contribution in [-0.2, 0) is 9.47 Å². The SMILES string of the molecule is COCCCN1CC[C@@H]2O[C@@H]2C1. The molecule has 0 spiro atoms. The molecule has 2 fully saturated rings. The van der Waals surface area contributed by atoms with E-state index in [1.165, 1.54) is 19.5 Å². The Hall–Kier alpha value is -0.120. The normalized spacial score (nSPS) is 34.8. The Kier molecular flexibility index (Phi) is 2.63. The van der Waals surface area contributed by atoms with Crippen LogP contribution in [0.2, 0.25) is 0 Å². The highest BCUT2D eigenvalue weighted by Gasteiger charge is 2.42. The highest BCUT2D eigenvalue weighted by atomic mass is 16.6. The van der Waals surface area contributed by atoms with Gasteiger partial charge in [-0.2, -0.15) is 0 Å². The van der Waals surface area contributed by atoms with Crippen LogP contribution < -0.4 is 0 Å². The van der Waals surface area contributed by atoms with Gasteiger partial charge in [0, 0.05) is 33.4 Å². The van der Waals surface area contributed by atoms with Crippen molar-refractivity contribution in [2.75, 3.05) is 33.4 Å². The monoisotopic (exact) mass is 171 g/mol. The van der Waals surface area contributed by atoms with Crippen molar-refractivity contribution in [2.24, 2.45) is 0 Å². The highest BCUT2D eigenvalue weighted by Crippen LogP contribution is 2.30. The number of hydrogen-bond donors (Lipinski definition) is 0. The fourth-order valence-corrected chi connectivity index (χ4v) is 1.88. The molecule has 12 heavy (non-hydrogen) atoms. The maximum Gasteiger partial charge on any atom is 0.0968 e. The van der Waals surface area contributed by atoms with E-state index in [0.29, 0.717) is 12.2 Å². The molecule has 2 heterocycles. The Bertz CT molecular complexity index is 151. The van der Waals surface area contributed by atoms with Gasteiger partial charge in [-0.15, -0.1) is 0 Å². The number of rotatable bonds is 4. The van der Waals surface area contributed by atoms with Crippen LogP contribution in [-0.4, -0.2) is 50.5 Å². The molecule has 2 aliphatic rings. The maximum absolute atomic E-state index is 5.44. The fourth-order valence-electron chi connectivity index (χ4n) is 1.88. The molecule has 70 valence electrons. The van der Waals surface area contributed by atoms with Gasteiger partial charge in [-0.3, -0.25) is 0 Å². The van der Waals surface area contributed by atoms with Gasteiger partial charge in [0.05, 0.1) is 12.2 Å². The first kappa shape index (κ1) is 8.48. The van der Waals surface area contributed by atoms with E-state index in [-0.39, 0.29) is 0 Å². The molecule has 0 bridgehead atoms. The Morgan fingerprint density at radius 3 is 3.17 bits per heavy atom. The molecule has 0 saturated carbocycles. The van der Waals surface area contributed by atoms with E-state index >= 15 is 0 Å². The summed E-state index contributed by atoms with van der Waals surface area (Å²) in [5.41, 5.74) is 0. The zero-order valence-corrected chi connectivity index (χ0v) is 7.66. The molecule has 0 aromatic heterocycles. The van der Waals surface area contributed by atoms with Crippen molar-refractivity contribution in [3.63, 3.8) is 0 Å². The lowest BCUT2D eigenvalue weighted by molar-refractivity contribution is 0.166. The minimum absolute atomic E-state index is 0.571. The molecule has 0 amide bonds. The standard InChI is InChI=1S/C9H17NO2/c1-11-6-2-4-10-5-3-8-9(7-10)12-8/h8-9H,2-7H2,1H3/t8-,9+/m0/s1. The summed E-state index contributed by atoms with van der Waals surface area (Å²) in [4.78, 5) is 2.48. The third-order valence-electron chi connectivity index (χ3n) is 2.68. The molecule has 3 heteroatoms. The minimum atomic E-state index is 0.571. The van der Waals surface area contributed by atoms with Crippen molar-refractivity contribution in [2.45, 2.75) is 25.0 Å². The number of hydrogen-bond acceptors (Lipinski definition) is 3. The number of nitrogens with zero attached hydrogens (tertiary/aromatic N) is 1. The van der Waals surface area contributed by atoms with Gasteiger partial charge in [-0.25, -0.2) is 0 Å². The summed E-state index contributed by atoms with van der Waals surface area (Å²) in [6.07, 6.45) is 3.57. The van der Waals surface area contributed by atoms with Crippen molar-refractivity contribution < 1.29 is 9.47 Å². The van der Waals surface area contributed by atoms with Crippen LogP contribution in [0.3, 0.4) is 0 Å². The quantitative estimate of drug-likeness (QED) is 0.455. The zero-order valence-electron chi connectivity index (χ0n) is 7.66. The smallest absolute Gasteiger partial charge is 0.0968 e.